The normalized spacial score (nSPS) is 10.5. The quantitative estimate of drug-likeness (QED) is 0.929. The van der Waals surface area contributed by atoms with Crippen LogP contribution >= 0.6 is 35.0 Å². The Morgan fingerprint density at radius 1 is 1.26 bits per heavy atom. The third-order valence-corrected chi connectivity index (χ3v) is 3.95. The molecular weight excluding hydrogens is 307 g/mol. The summed E-state index contributed by atoms with van der Waals surface area (Å²) in [6.07, 6.45) is 0. The minimum Gasteiger partial charge on any atom is -0.478 e. The maximum atomic E-state index is 11.1. The van der Waals surface area contributed by atoms with Crippen molar-refractivity contribution in [3.05, 3.63) is 45.7 Å². The number of carbonyl (C=O) groups is 1. The van der Waals surface area contributed by atoms with Crippen LogP contribution < -0.4 is 0 Å². The molecule has 0 aliphatic carbocycles. The van der Waals surface area contributed by atoms with Crippen LogP contribution in [0.4, 0.5) is 0 Å². The summed E-state index contributed by atoms with van der Waals surface area (Å²) in [7, 11) is 0. The molecule has 4 nitrogen and oxygen atoms in total. The molecule has 0 atom stereocenters. The molecular formula is C12H8Cl2N2O2S. The van der Waals surface area contributed by atoms with Crippen LogP contribution in [0.5, 0.6) is 0 Å². The van der Waals surface area contributed by atoms with Gasteiger partial charge in [0.15, 0.2) is 10.3 Å². The fraction of sp³-hybridized carbons (Fsp3) is 0.0833. The van der Waals surface area contributed by atoms with Crippen LogP contribution in [0.1, 0.15) is 15.9 Å². The standard InChI is InChI=1S/C12H8Cl2N2O2S/c1-6-2-3-7(4-8(6)12(17)18)19-9-5-10(13)15-16-11(9)14/h2-5H,1H3,(H,17,18). The van der Waals surface area contributed by atoms with Crippen LogP contribution in [0, 0.1) is 6.92 Å². The van der Waals surface area contributed by atoms with Crippen molar-refractivity contribution in [2.45, 2.75) is 16.7 Å². The number of benzene rings is 1. The van der Waals surface area contributed by atoms with E-state index < -0.39 is 5.97 Å². The maximum Gasteiger partial charge on any atom is 0.335 e. The van der Waals surface area contributed by atoms with Gasteiger partial charge in [-0.15, -0.1) is 10.2 Å². The number of aromatic carboxylic acids is 1. The Bertz CT molecular complexity index is 650. The Morgan fingerprint density at radius 2 is 2.00 bits per heavy atom. The number of aryl methyl sites for hydroxylation is 1. The van der Waals surface area contributed by atoms with E-state index in [2.05, 4.69) is 10.2 Å². The lowest BCUT2D eigenvalue weighted by molar-refractivity contribution is 0.0696. The maximum absolute atomic E-state index is 11.1. The molecule has 0 spiro atoms. The van der Waals surface area contributed by atoms with Crippen LogP contribution in [-0.2, 0) is 0 Å². The molecule has 0 fully saturated rings. The minimum absolute atomic E-state index is 0.229. The molecule has 98 valence electrons. The van der Waals surface area contributed by atoms with Crippen LogP contribution in [0.25, 0.3) is 0 Å². The molecule has 0 aliphatic heterocycles. The first-order valence-electron chi connectivity index (χ1n) is 5.18. The largest absolute Gasteiger partial charge is 0.478 e. The smallest absolute Gasteiger partial charge is 0.335 e. The van der Waals surface area contributed by atoms with Crippen molar-refractivity contribution >= 4 is 40.9 Å². The van der Waals surface area contributed by atoms with Gasteiger partial charge in [0.05, 0.1) is 10.5 Å². The average molecular weight is 315 g/mol. The van der Waals surface area contributed by atoms with Gasteiger partial charge in [0.25, 0.3) is 0 Å². The van der Waals surface area contributed by atoms with Crippen molar-refractivity contribution in [2.24, 2.45) is 0 Å². The topological polar surface area (TPSA) is 63.1 Å². The molecule has 19 heavy (non-hydrogen) atoms. The third-order valence-electron chi connectivity index (χ3n) is 2.35. The molecule has 7 heteroatoms. The summed E-state index contributed by atoms with van der Waals surface area (Å²) in [4.78, 5) is 12.4. The van der Waals surface area contributed by atoms with Crippen molar-refractivity contribution < 1.29 is 9.90 Å². The molecule has 1 N–H and O–H groups in total. The van der Waals surface area contributed by atoms with Crippen molar-refractivity contribution in [1.82, 2.24) is 10.2 Å². The zero-order valence-corrected chi connectivity index (χ0v) is 12.1. The Morgan fingerprint density at radius 3 is 2.68 bits per heavy atom. The van der Waals surface area contributed by atoms with Crippen molar-refractivity contribution in [3.63, 3.8) is 0 Å². The summed E-state index contributed by atoms with van der Waals surface area (Å²) < 4.78 is 0. The van der Waals surface area contributed by atoms with E-state index in [1.165, 1.54) is 11.8 Å². The van der Waals surface area contributed by atoms with E-state index in [1.807, 2.05) is 6.07 Å². The third kappa shape index (κ3) is 3.37. The van der Waals surface area contributed by atoms with Crippen LogP contribution in [0.2, 0.25) is 10.3 Å². The summed E-state index contributed by atoms with van der Waals surface area (Å²) in [6.45, 7) is 1.75. The van der Waals surface area contributed by atoms with E-state index in [9.17, 15) is 4.79 Å². The number of hydrogen-bond acceptors (Lipinski definition) is 4. The van der Waals surface area contributed by atoms with E-state index in [4.69, 9.17) is 28.3 Å². The molecule has 1 aromatic heterocycles. The summed E-state index contributed by atoms with van der Waals surface area (Å²) >= 11 is 12.9. The van der Waals surface area contributed by atoms with Crippen molar-refractivity contribution in [1.29, 1.82) is 0 Å². The monoisotopic (exact) mass is 314 g/mol. The van der Waals surface area contributed by atoms with E-state index in [1.54, 1.807) is 25.1 Å². The highest BCUT2D eigenvalue weighted by Gasteiger charge is 2.11. The molecule has 0 saturated heterocycles. The van der Waals surface area contributed by atoms with Gasteiger partial charge < -0.3 is 5.11 Å². The van der Waals surface area contributed by atoms with Gasteiger partial charge in [-0.3, -0.25) is 0 Å². The van der Waals surface area contributed by atoms with E-state index in [-0.39, 0.29) is 15.9 Å². The van der Waals surface area contributed by atoms with Crippen molar-refractivity contribution in [2.75, 3.05) is 0 Å². The Balaban J connectivity index is 2.36. The number of nitrogens with zero attached hydrogens (tertiary/aromatic N) is 2. The lowest BCUT2D eigenvalue weighted by Gasteiger charge is -2.06. The molecule has 2 aromatic rings. The molecule has 0 saturated carbocycles. The molecule has 0 unspecified atom stereocenters. The van der Waals surface area contributed by atoms with E-state index >= 15 is 0 Å². The summed E-state index contributed by atoms with van der Waals surface area (Å²) in [5.74, 6) is -0.961. The first kappa shape index (κ1) is 14.1. The van der Waals surface area contributed by atoms with Gasteiger partial charge in [-0.1, -0.05) is 41.0 Å². The molecule has 0 bridgehead atoms. The van der Waals surface area contributed by atoms with Gasteiger partial charge in [-0.2, -0.15) is 0 Å². The van der Waals surface area contributed by atoms with Gasteiger partial charge in [-0.05, 0) is 30.7 Å². The number of rotatable bonds is 3. The van der Waals surface area contributed by atoms with Gasteiger partial charge in [0.2, 0.25) is 0 Å². The van der Waals surface area contributed by atoms with Gasteiger partial charge in [0, 0.05) is 4.90 Å². The van der Waals surface area contributed by atoms with E-state index in [0.29, 0.717) is 10.5 Å². The predicted octanol–water partition coefficient (Wildman–Crippen LogP) is 3.94. The molecule has 1 heterocycles. The Labute approximate surface area is 123 Å². The Hall–Kier alpha value is -1.30. The highest BCUT2D eigenvalue weighted by molar-refractivity contribution is 7.99. The second kappa shape index (κ2) is 5.77. The summed E-state index contributed by atoms with van der Waals surface area (Å²) in [5.41, 5.74) is 0.961. The fourth-order valence-electron chi connectivity index (χ4n) is 1.43. The molecule has 2 rings (SSSR count). The van der Waals surface area contributed by atoms with E-state index in [0.717, 1.165) is 4.90 Å². The molecule has 1 aromatic carbocycles. The predicted molar refractivity (Wildman–Crippen MR) is 74.3 cm³/mol. The summed E-state index contributed by atoms with van der Waals surface area (Å²) in [5, 5.41) is 16.9. The van der Waals surface area contributed by atoms with Gasteiger partial charge >= 0.3 is 5.97 Å². The van der Waals surface area contributed by atoms with Gasteiger partial charge in [-0.25, -0.2) is 4.79 Å². The number of hydrogen-bond donors (Lipinski definition) is 1. The number of halogens is 2. The van der Waals surface area contributed by atoms with Gasteiger partial charge in [0.1, 0.15) is 0 Å². The first-order valence-corrected chi connectivity index (χ1v) is 6.75. The van der Waals surface area contributed by atoms with Crippen LogP contribution in [0.15, 0.2) is 34.1 Å². The Kier molecular flexibility index (Phi) is 4.29. The molecule has 0 amide bonds. The molecule has 0 aliphatic rings. The lowest BCUT2D eigenvalue weighted by atomic mass is 10.1. The number of carboxylic acid groups (broad SMARTS) is 1. The van der Waals surface area contributed by atoms with Crippen LogP contribution in [0.3, 0.4) is 0 Å². The second-order valence-electron chi connectivity index (χ2n) is 3.71. The number of aromatic nitrogens is 2. The second-order valence-corrected chi connectivity index (χ2v) is 5.57. The zero-order chi connectivity index (χ0) is 14.0. The average Bonchev–Trinajstić information content (AvgIpc) is 2.36. The zero-order valence-electron chi connectivity index (χ0n) is 9.72. The van der Waals surface area contributed by atoms with Crippen molar-refractivity contribution in [3.8, 4) is 0 Å². The fourth-order valence-corrected chi connectivity index (χ4v) is 2.71. The first-order chi connectivity index (χ1) is 8.97. The minimum atomic E-state index is -0.961. The summed E-state index contributed by atoms with van der Waals surface area (Å²) in [6, 6.07) is 6.74. The highest BCUT2D eigenvalue weighted by Crippen LogP contribution is 2.33. The lowest BCUT2D eigenvalue weighted by Crippen LogP contribution is -1.99. The number of carboxylic acids is 1. The SMILES string of the molecule is Cc1ccc(Sc2cc(Cl)nnc2Cl)cc1C(=O)O. The molecule has 0 radical (unpaired) electrons. The highest BCUT2D eigenvalue weighted by atomic mass is 35.5. The van der Waals surface area contributed by atoms with Crippen LogP contribution in [-0.4, -0.2) is 21.3 Å².